The van der Waals surface area contributed by atoms with Gasteiger partial charge in [0.05, 0.1) is 4.90 Å². The number of rotatable bonds is 4. The third-order valence-electron chi connectivity index (χ3n) is 5.33. The molecule has 2 saturated heterocycles. The molecule has 0 aromatic heterocycles. The number of benzene rings is 2. The van der Waals surface area contributed by atoms with E-state index in [0.29, 0.717) is 29.9 Å². The summed E-state index contributed by atoms with van der Waals surface area (Å²) < 4.78 is 27.2. The number of likely N-dealkylation sites (tertiary alicyclic amines) is 1. The molecule has 0 radical (unpaired) electrons. The molecule has 2 heterocycles. The Morgan fingerprint density at radius 1 is 0.958 bits per heavy atom. The molecule has 0 bridgehead atoms. The van der Waals surface area contributed by atoms with E-state index in [2.05, 4.69) is 36.1 Å². The van der Waals surface area contributed by atoms with Gasteiger partial charge in [-0.05, 0) is 30.2 Å². The molecule has 4 nitrogen and oxygen atoms in total. The Kier molecular flexibility index (Phi) is 3.95. The molecule has 0 N–H and O–H groups in total. The van der Waals surface area contributed by atoms with Gasteiger partial charge in [-0.1, -0.05) is 42.5 Å². The second kappa shape index (κ2) is 5.99. The summed E-state index contributed by atoms with van der Waals surface area (Å²) in [5, 5.41) is 0. The van der Waals surface area contributed by atoms with Crippen LogP contribution in [0.2, 0.25) is 0 Å². The van der Waals surface area contributed by atoms with E-state index in [1.54, 1.807) is 28.6 Å². The van der Waals surface area contributed by atoms with Gasteiger partial charge in [-0.25, -0.2) is 8.42 Å². The predicted octanol–water partition coefficient (Wildman–Crippen LogP) is 2.50. The topological polar surface area (TPSA) is 40.6 Å². The van der Waals surface area contributed by atoms with Gasteiger partial charge in [0.1, 0.15) is 0 Å². The van der Waals surface area contributed by atoms with E-state index in [1.807, 2.05) is 6.07 Å². The van der Waals surface area contributed by atoms with Gasteiger partial charge in [-0.2, -0.15) is 4.31 Å². The Hall–Kier alpha value is -1.69. The Morgan fingerprint density at radius 2 is 1.67 bits per heavy atom. The molecule has 126 valence electrons. The van der Waals surface area contributed by atoms with Crippen LogP contribution in [0.25, 0.3) is 0 Å². The highest BCUT2D eigenvalue weighted by Crippen LogP contribution is 2.36. The molecule has 0 aliphatic carbocycles. The van der Waals surface area contributed by atoms with Crippen LogP contribution in [-0.4, -0.2) is 43.3 Å². The molecule has 2 aromatic carbocycles. The molecule has 5 heteroatoms. The standard InChI is InChI=1S/C19H22N2O2S/c1-15-7-5-6-8-16(15)11-20-12-17-13-21(14-19(17)20)24(22,23)18-9-3-2-4-10-18/h2-10,17,19H,11-14H2,1H3. The van der Waals surface area contributed by atoms with Crippen molar-refractivity contribution in [3.8, 4) is 0 Å². The van der Waals surface area contributed by atoms with Crippen molar-refractivity contribution >= 4 is 10.0 Å². The highest BCUT2D eigenvalue weighted by Gasteiger charge is 2.48. The Morgan fingerprint density at radius 3 is 2.42 bits per heavy atom. The highest BCUT2D eigenvalue weighted by molar-refractivity contribution is 7.89. The zero-order valence-electron chi connectivity index (χ0n) is 13.8. The monoisotopic (exact) mass is 342 g/mol. The SMILES string of the molecule is Cc1ccccc1CN1CC2CN(S(=O)(=O)c3ccccc3)CC21. The molecule has 2 aromatic rings. The van der Waals surface area contributed by atoms with E-state index in [0.717, 1.165) is 13.1 Å². The van der Waals surface area contributed by atoms with E-state index < -0.39 is 10.0 Å². The second-order valence-electron chi connectivity index (χ2n) is 6.82. The van der Waals surface area contributed by atoms with Gasteiger partial charge in [0.2, 0.25) is 10.0 Å². The van der Waals surface area contributed by atoms with Gasteiger partial charge in [0, 0.05) is 38.1 Å². The van der Waals surface area contributed by atoms with E-state index in [4.69, 9.17) is 0 Å². The van der Waals surface area contributed by atoms with Gasteiger partial charge >= 0.3 is 0 Å². The third-order valence-corrected chi connectivity index (χ3v) is 7.17. The van der Waals surface area contributed by atoms with Crippen molar-refractivity contribution in [1.29, 1.82) is 0 Å². The minimum absolute atomic E-state index is 0.350. The fourth-order valence-corrected chi connectivity index (χ4v) is 5.37. The zero-order valence-corrected chi connectivity index (χ0v) is 14.6. The van der Waals surface area contributed by atoms with Crippen molar-refractivity contribution in [3.63, 3.8) is 0 Å². The minimum Gasteiger partial charge on any atom is -0.294 e. The van der Waals surface area contributed by atoms with Crippen LogP contribution in [0.15, 0.2) is 59.5 Å². The van der Waals surface area contributed by atoms with E-state index >= 15 is 0 Å². The van der Waals surface area contributed by atoms with Crippen molar-refractivity contribution in [1.82, 2.24) is 9.21 Å². The molecular weight excluding hydrogens is 320 g/mol. The average Bonchev–Trinajstić information content (AvgIpc) is 2.93. The van der Waals surface area contributed by atoms with Crippen LogP contribution < -0.4 is 0 Å². The molecule has 2 aliphatic rings. The molecule has 0 spiro atoms. The molecule has 2 fully saturated rings. The van der Waals surface area contributed by atoms with Crippen LogP contribution in [0.1, 0.15) is 11.1 Å². The summed E-state index contributed by atoms with van der Waals surface area (Å²) in [4.78, 5) is 2.81. The maximum absolute atomic E-state index is 12.8. The van der Waals surface area contributed by atoms with E-state index in [-0.39, 0.29) is 0 Å². The maximum Gasteiger partial charge on any atom is 0.243 e. The lowest BCUT2D eigenvalue weighted by Crippen LogP contribution is -2.54. The lowest BCUT2D eigenvalue weighted by atomic mass is 9.91. The number of nitrogens with zero attached hydrogens (tertiary/aromatic N) is 2. The van der Waals surface area contributed by atoms with Crippen LogP contribution in [0.3, 0.4) is 0 Å². The fourth-order valence-electron chi connectivity index (χ4n) is 3.83. The molecule has 0 saturated carbocycles. The normalized spacial score (nSPS) is 24.5. The number of sulfonamides is 1. The summed E-state index contributed by atoms with van der Waals surface area (Å²) in [6, 6.07) is 17.5. The first-order chi connectivity index (χ1) is 11.6. The third kappa shape index (κ3) is 2.66. The van der Waals surface area contributed by atoms with Crippen LogP contribution in [0.4, 0.5) is 0 Å². The average molecular weight is 342 g/mol. The molecule has 4 rings (SSSR count). The summed E-state index contributed by atoms with van der Waals surface area (Å²) >= 11 is 0. The molecule has 2 atom stereocenters. The Labute approximate surface area is 143 Å². The largest absolute Gasteiger partial charge is 0.294 e. The quantitative estimate of drug-likeness (QED) is 0.857. The van der Waals surface area contributed by atoms with Crippen molar-refractivity contribution in [2.45, 2.75) is 24.4 Å². The minimum atomic E-state index is -3.36. The number of fused-ring (bicyclic) bond motifs is 1. The Bertz CT molecular complexity index is 835. The molecular formula is C19H22N2O2S. The van der Waals surface area contributed by atoms with E-state index in [1.165, 1.54) is 11.1 Å². The Balaban J connectivity index is 1.47. The number of hydrogen-bond donors (Lipinski definition) is 0. The first kappa shape index (κ1) is 15.8. The van der Waals surface area contributed by atoms with Gasteiger partial charge in [0.25, 0.3) is 0 Å². The molecule has 24 heavy (non-hydrogen) atoms. The zero-order chi connectivity index (χ0) is 16.7. The van der Waals surface area contributed by atoms with Gasteiger partial charge in [-0.3, -0.25) is 4.90 Å². The molecule has 0 amide bonds. The summed E-state index contributed by atoms with van der Waals surface area (Å²) in [5.74, 6) is 0.465. The first-order valence-electron chi connectivity index (χ1n) is 8.39. The van der Waals surface area contributed by atoms with Crippen molar-refractivity contribution in [2.75, 3.05) is 19.6 Å². The highest BCUT2D eigenvalue weighted by atomic mass is 32.2. The maximum atomic E-state index is 12.8. The van der Waals surface area contributed by atoms with Crippen LogP contribution in [-0.2, 0) is 16.6 Å². The molecule has 2 aliphatic heterocycles. The van der Waals surface area contributed by atoms with Crippen LogP contribution in [0.5, 0.6) is 0 Å². The predicted molar refractivity (Wildman–Crippen MR) is 94.1 cm³/mol. The lowest BCUT2D eigenvalue weighted by molar-refractivity contribution is 0.0433. The van der Waals surface area contributed by atoms with Gasteiger partial charge in [0.15, 0.2) is 0 Å². The molecule has 2 unspecified atom stereocenters. The number of hydrogen-bond acceptors (Lipinski definition) is 3. The summed E-state index contributed by atoms with van der Waals surface area (Å²) in [5.41, 5.74) is 2.63. The van der Waals surface area contributed by atoms with E-state index in [9.17, 15) is 8.42 Å². The van der Waals surface area contributed by atoms with Crippen molar-refractivity contribution in [2.24, 2.45) is 5.92 Å². The van der Waals surface area contributed by atoms with Crippen molar-refractivity contribution < 1.29 is 8.42 Å². The summed E-state index contributed by atoms with van der Waals surface area (Å²) in [7, 11) is -3.36. The van der Waals surface area contributed by atoms with Gasteiger partial charge in [-0.15, -0.1) is 0 Å². The number of aryl methyl sites for hydroxylation is 1. The second-order valence-corrected chi connectivity index (χ2v) is 8.76. The van der Waals surface area contributed by atoms with Crippen LogP contribution in [0, 0.1) is 12.8 Å². The lowest BCUT2D eigenvalue weighted by Gasteiger charge is -2.43. The summed E-state index contributed by atoms with van der Waals surface area (Å²) in [6.07, 6.45) is 0. The summed E-state index contributed by atoms with van der Waals surface area (Å²) in [6.45, 7) is 5.28. The smallest absolute Gasteiger partial charge is 0.243 e. The first-order valence-corrected chi connectivity index (χ1v) is 9.83. The van der Waals surface area contributed by atoms with Crippen LogP contribution >= 0.6 is 0 Å². The fraction of sp³-hybridized carbons (Fsp3) is 0.368. The van der Waals surface area contributed by atoms with Gasteiger partial charge < -0.3 is 0 Å². The van der Waals surface area contributed by atoms with Crippen molar-refractivity contribution in [3.05, 3.63) is 65.7 Å².